The van der Waals surface area contributed by atoms with E-state index in [1.54, 1.807) is 11.8 Å². The standard InChI is InChI=1S/C15H16N2S2/c1-3-4-13-14(9-16)19-15(17-13)10-18-12-7-5-11(2)6-8-12/h5-8H,3-4,10H2,1-2H3. The Morgan fingerprint density at radius 2 is 2.05 bits per heavy atom. The summed E-state index contributed by atoms with van der Waals surface area (Å²) in [5, 5.41) is 10.1. The van der Waals surface area contributed by atoms with E-state index < -0.39 is 0 Å². The molecule has 1 heterocycles. The van der Waals surface area contributed by atoms with Crippen LogP contribution in [0.15, 0.2) is 29.2 Å². The molecule has 2 nitrogen and oxygen atoms in total. The van der Waals surface area contributed by atoms with Gasteiger partial charge in [0.25, 0.3) is 0 Å². The van der Waals surface area contributed by atoms with Crippen LogP contribution in [0.25, 0.3) is 0 Å². The van der Waals surface area contributed by atoms with Crippen LogP contribution in [0.5, 0.6) is 0 Å². The molecule has 4 heteroatoms. The van der Waals surface area contributed by atoms with E-state index >= 15 is 0 Å². The van der Waals surface area contributed by atoms with Gasteiger partial charge in [-0.1, -0.05) is 31.0 Å². The first-order valence-electron chi connectivity index (χ1n) is 6.31. The van der Waals surface area contributed by atoms with E-state index in [1.807, 2.05) is 0 Å². The Bertz CT molecular complexity index is 579. The highest BCUT2D eigenvalue weighted by atomic mass is 32.2. The molecule has 0 saturated heterocycles. The largest absolute Gasteiger partial charge is 0.244 e. The zero-order chi connectivity index (χ0) is 13.7. The van der Waals surface area contributed by atoms with Crippen LogP contribution in [-0.4, -0.2) is 4.98 Å². The number of aryl methyl sites for hydroxylation is 2. The van der Waals surface area contributed by atoms with Gasteiger partial charge in [0.05, 0.1) is 11.4 Å². The van der Waals surface area contributed by atoms with Crippen LogP contribution < -0.4 is 0 Å². The molecule has 0 bridgehead atoms. The average molecular weight is 288 g/mol. The highest BCUT2D eigenvalue weighted by Gasteiger charge is 2.10. The maximum Gasteiger partial charge on any atom is 0.128 e. The summed E-state index contributed by atoms with van der Waals surface area (Å²) in [5.74, 6) is 0.839. The highest BCUT2D eigenvalue weighted by molar-refractivity contribution is 7.98. The third-order valence-corrected chi connectivity index (χ3v) is 4.92. The number of benzene rings is 1. The summed E-state index contributed by atoms with van der Waals surface area (Å²) in [5.41, 5.74) is 2.24. The van der Waals surface area contributed by atoms with Crippen molar-refractivity contribution in [3.05, 3.63) is 45.4 Å². The Morgan fingerprint density at radius 3 is 2.68 bits per heavy atom. The summed E-state index contributed by atoms with van der Waals surface area (Å²) in [6.07, 6.45) is 1.93. The topological polar surface area (TPSA) is 36.7 Å². The molecule has 0 atom stereocenters. The quantitative estimate of drug-likeness (QED) is 0.756. The first-order valence-corrected chi connectivity index (χ1v) is 8.11. The second-order valence-corrected chi connectivity index (χ2v) is 6.48. The fourth-order valence-corrected chi connectivity index (χ4v) is 3.53. The normalized spacial score (nSPS) is 10.4. The number of rotatable bonds is 5. The predicted molar refractivity (Wildman–Crippen MR) is 81.6 cm³/mol. The summed E-state index contributed by atoms with van der Waals surface area (Å²) in [6, 6.07) is 10.8. The van der Waals surface area contributed by atoms with Crippen molar-refractivity contribution in [2.45, 2.75) is 37.3 Å². The number of nitrogens with zero attached hydrogens (tertiary/aromatic N) is 2. The van der Waals surface area contributed by atoms with Crippen molar-refractivity contribution in [3.63, 3.8) is 0 Å². The molecule has 0 amide bonds. The van der Waals surface area contributed by atoms with Crippen molar-refractivity contribution in [3.8, 4) is 6.07 Å². The summed E-state index contributed by atoms with van der Waals surface area (Å²) < 4.78 is 0. The molecule has 0 fully saturated rings. The van der Waals surface area contributed by atoms with Crippen molar-refractivity contribution >= 4 is 23.1 Å². The van der Waals surface area contributed by atoms with Gasteiger partial charge in [-0.3, -0.25) is 0 Å². The van der Waals surface area contributed by atoms with E-state index in [2.05, 4.69) is 49.2 Å². The Balaban J connectivity index is 2.03. The molecule has 0 spiro atoms. The monoisotopic (exact) mass is 288 g/mol. The van der Waals surface area contributed by atoms with E-state index in [0.29, 0.717) is 0 Å². The molecule has 19 heavy (non-hydrogen) atoms. The van der Waals surface area contributed by atoms with Gasteiger partial charge >= 0.3 is 0 Å². The maximum absolute atomic E-state index is 9.09. The minimum absolute atomic E-state index is 0.779. The summed E-state index contributed by atoms with van der Waals surface area (Å²) in [7, 11) is 0. The fraction of sp³-hybridized carbons (Fsp3) is 0.333. The smallest absolute Gasteiger partial charge is 0.128 e. The molecule has 0 saturated carbocycles. The molecule has 1 aromatic heterocycles. The molecule has 2 aromatic rings. The summed E-state index contributed by atoms with van der Waals surface area (Å²) >= 11 is 3.30. The lowest BCUT2D eigenvalue weighted by Gasteiger charge is -1.99. The lowest BCUT2D eigenvalue weighted by atomic mass is 10.2. The molecular formula is C15H16N2S2. The lowest BCUT2D eigenvalue weighted by molar-refractivity contribution is 0.884. The van der Waals surface area contributed by atoms with Crippen molar-refractivity contribution < 1.29 is 0 Å². The van der Waals surface area contributed by atoms with Gasteiger partial charge in [0.15, 0.2) is 0 Å². The second-order valence-electron chi connectivity index (χ2n) is 4.35. The van der Waals surface area contributed by atoms with Crippen LogP contribution in [0.2, 0.25) is 0 Å². The number of nitriles is 1. The van der Waals surface area contributed by atoms with Gasteiger partial charge in [-0.25, -0.2) is 4.98 Å². The van der Waals surface area contributed by atoms with Gasteiger partial charge in [-0.2, -0.15) is 5.26 Å². The molecule has 1 aromatic carbocycles. The first kappa shape index (κ1) is 14.1. The van der Waals surface area contributed by atoms with Crippen LogP contribution in [0.3, 0.4) is 0 Å². The molecule has 0 N–H and O–H groups in total. The Morgan fingerprint density at radius 1 is 1.32 bits per heavy atom. The maximum atomic E-state index is 9.09. The van der Waals surface area contributed by atoms with E-state index in [1.165, 1.54) is 21.8 Å². The number of hydrogen-bond donors (Lipinski definition) is 0. The molecular weight excluding hydrogens is 272 g/mol. The molecule has 2 rings (SSSR count). The van der Waals surface area contributed by atoms with Crippen LogP contribution in [0.1, 0.15) is 34.5 Å². The number of thiazole rings is 1. The van der Waals surface area contributed by atoms with Gasteiger partial charge in [0.2, 0.25) is 0 Å². The van der Waals surface area contributed by atoms with Crippen LogP contribution >= 0.6 is 23.1 Å². The molecule has 98 valence electrons. The van der Waals surface area contributed by atoms with Gasteiger partial charge < -0.3 is 0 Å². The first-order chi connectivity index (χ1) is 9.22. The summed E-state index contributed by atoms with van der Waals surface area (Å²) in [4.78, 5) is 6.60. The molecule has 0 aliphatic carbocycles. The van der Waals surface area contributed by atoms with Gasteiger partial charge in [-0.05, 0) is 25.5 Å². The van der Waals surface area contributed by atoms with Crippen LogP contribution in [0, 0.1) is 18.3 Å². The number of thioether (sulfide) groups is 1. The molecule has 0 aliphatic rings. The molecule has 0 radical (unpaired) electrons. The zero-order valence-corrected chi connectivity index (χ0v) is 12.8. The van der Waals surface area contributed by atoms with Crippen molar-refractivity contribution in [2.75, 3.05) is 0 Å². The number of hydrogen-bond acceptors (Lipinski definition) is 4. The zero-order valence-electron chi connectivity index (χ0n) is 11.1. The van der Waals surface area contributed by atoms with Crippen molar-refractivity contribution in [1.29, 1.82) is 5.26 Å². The minimum atomic E-state index is 0.779. The van der Waals surface area contributed by atoms with Gasteiger partial charge in [-0.15, -0.1) is 23.1 Å². The van der Waals surface area contributed by atoms with E-state index in [-0.39, 0.29) is 0 Å². The fourth-order valence-electron chi connectivity index (χ4n) is 1.74. The Hall–Kier alpha value is -1.31. The Labute approximate surface area is 122 Å². The third-order valence-electron chi connectivity index (χ3n) is 2.71. The van der Waals surface area contributed by atoms with Crippen molar-refractivity contribution in [1.82, 2.24) is 4.98 Å². The SMILES string of the molecule is CCCc1nc(CSc2ccc(C)cc2)sc1C#N. The summed E-state index contributed by atoms with van der Waals surface area (Å²) in [6.45, 7) is 4.20. The van der Waals surface area contributed by atoms with Gasteiger partial charge in [0, 0.05) is 4.90 Å². The predicted octanol–water partition coefficient (Wildman–Crippen LogP) is 4.57. The van der Waals surface area contributed by atoms with Gasteiger partial charge in [0.1, 0.15) is 16.0 Å². The van der Waals surface area contributed by atoms with Crippen LogP contribution in [0.4, 0.5) is 0 Å². The molecule has 0 aliphatic heterocycles. The third kappa shape index (κ3) is 3.82. The van der Waals surface area contributed by atoms with Crippen LogP contribution in [-0.2, 0) is 12.2 Å². The number of aromatic nitrogens is 1. The lowest BCUT2D eigenvalue weighted by Crippen LogP contribution is -1.87. The highest BCUT2D eigenvalue weighted by Crippen LogP contribution is 2.27. The van der Waals surface area contributed by atoms with Crippen molar-refractivity contribution in [2.24, 2.45) is 0 Å². The Kier molecular flexibility index (Phi) is 5.00. The van der Waals surface area contributed by atoms with E-state index in [9.17, 15) is 0 Å². The van der Waals surface area contributed by atoms with E-state index in [0.717, 1.165) is 34.2 Å². The van der Waals surface area contributed by atoms with E-state index in [4.69, 9.17) is 5.26 Å². The molecule has 0 unspecified atom stereocenters. The minimum Gasteiger partial charge on any atom is -0.244 e. The average Bonchev–Trinajstić information content (AvgIpc) is 2.81. The second kappa shape index (κ2) is 6.74.